The van der Waals surface area contributed by atoms with Crippen molar-refractivity contribution in [3.8, 4) is 0 Å². The summed E-state index contributed by atoms with van der Waals surface area (Å²) in [7, 11) is 10.2. The fourth-order valence-electron chi connectivity index (χ4n) is 4.27. The van der Waals surface area contributed by atoms with Crippen LogP contribution in [-0.2, 0) is 14.4 Å². The first-order chi connectivity index (χ1) is 19.2. The maximum absolute atomic E-state index is 12.0. The molecule has 6 nitrogen and oxygen atoms in total. The molecule has 0 amide bonds. The fourth-order valence-corrected chi connectivity index (χ4v) is 6.68. The number of carbonyl (C=O) groups excluding carboxylic acids is 3. The van der Waals surface area contributed by atoms with Gasteiger partial charge in [0.05, 0.1) is 0 Å². The molecule has 0 heterocycles. The lowest BCUT2D eigenvalue weighted by Crippen LogP contribution is -2.22. The number of hydrogen-bond donors (Lipinski definition) is 0. The molecule has 0 N–H and O–H groups in total. The van der Waals surface area contributed by atoms with Crippen molar-refractivity contribution in [3.05, 3.63) is 108 Å². The molecule has 206 valence electrons. The van der Waals surface area contributed by atoms with Crippen LogP contribution in [0.5, 0.6) is 0 Å². The Morgan fingerprint density at radius 1 is 0.500 bits per heavy atom. The SMILES string of the molecule is CN(C)C=C(C=O)c1cccc(P(c2cccc(C(C=O)=CN(C)C)c2)c2cccc(C(C=O)=CN(C)C)c2)c1. The second-order valence-electron chi connectivity index (χ2n) is 9.98. The maximum Gasteiger partial charge on any atom is 0.152 e. The largest absolute Gasteiger partial charge is 0.383 e. The van der Waals surface area contributed by atoms with Crippen molar-refractivity contribution in [2.75, 3.05) is 42.3 Å². The van der Waals surface area contributed by atoms with Gasteiger partial charge in [0.25, 0.3) is 0 Å². The van der Waals surface area contributed by atoms with Gasteiger partial charge in [-0.2, -0.15) is 0 Å². The number of nitrogens with zero attached hydrogens (tertiary/aromatic N) is 3. The summed E-state index contributed by atoms with van der Waals surface area (Å²) in [6.07, 6.45) is 8.02. The lowest BCUT2D eigenvalue weighted by atomic mass is 10.1. The molecule has 0 spiro atoms. The van der Waals surface area contributed by atoms with E-state index >= 15 is 0 Å². The summed E-state index contributed by atoms with van der Waals surface area (Å²) in [6.45, 7) is 0. The fraction of sp³-hybridized carbons (Fsp3) is 0.182. The molecular weight excluding hydrogens is 517 g/mol. The number of rotatable bonds is 12. The Labute approximate surface area is 238 Å². The average Bonchev–Trinajstić information content (AvgIpc) is 2.93. The van der Waals surface area contributed by atoms with Gasteiger partial charge in [0.2, 0.25) is 0 Å². The Balaban J connectivity index is 2.28. The first kappa shape index (κ1) is 30.3. The van der Waals surface area contributed by atoms with Crippen molar-refractivity contribution in [1.82, 2.24) is 14.7 Å². The van der Waals surface area contributed by atoms with Crippen LogP contribution >= 0.6 is 7.92 Å². The van der Waals surface area contributed by atoms with Gasteiger partial charge in [0.1, 0.15) is 0 Å². The molecule has 0 saturated carbocycles. The molecule has 0 aromatic heterocycles. The lowest BCUT2D eigenvalue weighted by Gasteiger charge is -2.22. The Morgan fingerprint density at radius 2 is 0.775 bits per heavy atom. The van der Waals surface area contributed by atoms with E-state index in [-0.39, 0.29) is 0 Å². The number of carbonyl (C=O) groups is 3. The maximum atomic E-state index is 12.0. The summed E-state index contributed by atoms with van der Waals surface area (Å²) >= 11 is 0. The van der Waals surface area contributed by atoms with Crippen LogP contribution in [0.2, 0.25) is 0 Å². The van der Waals surface area contributed by atoms with E-state index < -0.39 is 7.92 Å². The number of benzene rings is 3. The van der Waals surface area contributed by atoms with Crippen LogP contribution in [0.1, 0.15) is 16.7 Å². The van der Waals surface area contributed by atoms with Gasteiger partial charge in [-0.25, -0.2) is 0 Å². The minimum absolute atomic E-state index is 0.582. The van der Waals surface area contributed by atoms with E-state index in [0.717, 1.165) is 51.5 Å². The van der Waals surface area contributed by atoms with Crippen molar-refractivity contribution < 1.29 is 14.4 Å². The Bertz CT molecular complexity index is 1280. The minimum Gasteiger partial charge on any atom is -0.383 e. The summed E-state index contributed by atoms with van der Waals surface area (Å²) in [6, 6.07) is 24.1. The summed E-state index contributed by atoms with van der Waals surface area (Å²) in [5.74, 6) is 0. The molecule has 0 bridgehead atoms. The van der Waals surface area contributed by atoms with Crippen molar-refractivity contribution >= 4 is 59.4 Å². The zero-order valence-electron chi connectivity index (χ0n) is 23.9. The standard InChI is InChI=1S/C33H36N3O3P/c1-34(2)19-28(22-37)25-10-7-13-31(16-25)40(32-14-8-11-26(17-32)29(23-38)20-35(3)4)33-15-9-12-27(18-33)30(24-39)21-36(5)6/h7-24H,1-6H3. The molecule has 0 saturated heterocycles. The van der Waals surface area contributed by atoms with E-state index in [1.807, 2.05) is 93.4 Å². The first-order valence-corrected chi connectivity index (χ1v) is 14.1. The topological polar surface area (TPSA) is 60.9 Å². The average molecular weight is 554 g/mol. The van der Waals surface area contributed by atoms with Gasteiger partial charge in [0, 0.05) is 77.6 Å². The highest BCUT2D eigenvalue weighted by atomic mass is 31.1. The molecule has 3 aromatic carbocycles. The number of hydrogen-bond acceptors (Lipinski definition) is 6. The summed E-state index contributed by atoms with van der Waals surface area (Å²) in [5.41, 5.74) is 4.21. The monoisotopic (exact) mass is 553 g/mol. The van der Waals surface area contributed by atoms with E-state index in [0.29, 0.717) is 16.7 Å². The highest BCUT2D eigenvalue weighted by Crippen LogP contribution is 2.35. The molecule has 0 fully saturated rings. The zero-order chi connectivity index (χ0) is 29.2. The third kappa shape index (κ3) is 7.87. The van der Waals surface area contributed by atoms with E-state index in [4.69, 9.17) is 0 Å². The quantitative estimate of drug-likeness (QED) is 0.194. The molecule has 40 heavy (non-hydrogen) atoms. The van der Waals surface area contributed by atoms with Gasteiger partial charge in [-0.3, -0.25) is 14.4 Å². The van der Waals surface area contributed by atoms with Crippen LogP contribution < -0.4 is 15.9 Å². The Hall–Kier alpha value is -4.28. The van der Waals surface area contributed by atoms with Crippen LogP contribution in [-0.4, -0.2) is 75.8 Å². The number of allylic oxidation sites excluding steroid dienone is 3. The highest BCUT2D eigenvalue weighted by molar-refractivity contribution is 7.79. The molecule has 0 aliphatic carbocycles. The predicted molar refractivity (Wildman–Crippen MR) is 168 cm³/mol. The van der Waals surface area contributed by atoms with Crippen LogP contribution in [0.15, 0.2) is 91.4 Å². The normalized spacial score (nSPS) is 12.9. The van der Waals surface area contributed by atoms with Gasteiger partial charge in [-0.1, -0.05) is 54.6 Å². The molecule has 0 unspecified atom stereocenters. The molecular formula is C33H36N3O3P. The third-order valence-electron chi connectivity index (χ3n) is 5.89. The molecule has 0 aliphatic rings. The van der Waals surface area contributed by atoms with Crippen molar-refractivity contribution in [2.45, 2.75) is 0 Å². The molecule has 3 aromatic rings. The second-order valence-corrected chi connectivity index (χ2v) is 12.2. The molecule has 7 heteroatoms. The van der Waals surface area contributed by atoms with Gasteiger partial charge >= 0.3 is 0 Å². The summed E-state index contributed by atoms with van der Waals surface area (Å²) < 4.78 is 0. The molecule has 0 atom stereocenters. The van der Waals surface area contributed by atoms with E-state index in [1.165, 1.54) is 0 Å². The lowest BCUT2D eigenvalue weighted by molar-refractivity contribution is -0.104. The van der Waals surface area contributed by atoms with Crippen LogP contribution in [0.4, 0.5) is 0 Å². The third-order valence-corrected chi connectivity index (χ3v) is 8.27. The van der Waals surface area contributed by atoms with E-state index in [2.05, 4.69) is 36.4 Å². The van der Waals surface area contributed by atoms with Crippen LogP contribution in [0.25, 0.3) is 16.7 Å². The Morgan fingerprint density at radius 3 is 1.00 bits per heavy atom. The van der Waals surface area contributed by atoms with E-state index in [9.17, 15) is 14.4 Å². The zero-order valence-corrected chi connectivity index (χ0v) is 24.8. The van der Waals surface area contributed by atoms with Crippen molar-refractivity contribution in [2.24, 2.45) is 0 Å². The van der Waals surface area contributed by atoms with Crippen molar-refractivity contribution in [1.29, 1.82) is 0 Å². The molecule has 0 radical (unpaired) electrons. The summed E-state index contributed by atoms with van der Waals surface area (Å²) in [5, 5.41) is 3.13. The van der Waals surface area contributed by atoms with E-state index in [1.54, 1.807) is 18.6 Å². The highest BCUT2D eigenvalue weighted by Gasteiger charge is 2.20. The smallest absolute Gasteiger partial charge is 0.152 e. The molecule has 3 rings (SSSR count). The van der Waals surface area contributed by atoms with Gasteiger partial charge in [-0.15, -0.1) is 0 Å². The summed E-state index contributed by atoms with van der Waals surface area (Å²) in [4.78, 5) is 41.5. The first-order valence-electron chi connectivity index (χ1n) is 12.8. The van der Waals surface area contributed by atoms with Gasteiger partial charge in [-0.05, 0) is 58.7 Å². The van der Waals surface area contributed by atoms with Gasteiger partial charge < -0.3 is 14.7 Å². The van der Waals surface area contributed by atoms with Crippen LogP contribution in [0.3, 0.4) is 0 Å². The minimum atomic E-state index is -1.12. The second kappa shape index (κ2) is 14.2. The van der Waals surface area contributed by atoms with Crippen LogP contribution in [0, 0.1) is 0 Å². The predicted octanol–water partition coefficient (Wildman–Crippen LogP) is 3.75. The Kier molecular flexibility index (Phi) is 10.7. The van der Waals surface area contributed by atoms with Crippen molar-refractivity contribution in [3.63, 3.8) is 0 Å². The molecule has 0 aliphatic heterocycles. The number of aldehydes is 3. The van der Waals surface area contributed by atoms with Gasteiger partial charge in [0.15, 0.2) is 18.9 Å².